The Morgan fingerprint density at radius 2 is 2.21 bits per heavy atom. The predicted molar refractivity (Wildman–Crippen MR) is 74.1 cm³/mol. The van der Waals surface area contributed by atoms with E-state index in [0.29, 0.717) is 6.42 Å². The first-order valence-electron chi connectivity index (χ1n) is 6.40. The highest BCUT2D eigenvalue weighted by molar-refractivity contribution is 5.99. The van der Waals surface area contributed by atoms with Crippen molar-refractivity contribution >= 4 is 17.3 Å². The molecule has 0 bridgehead atoms. The summed E-state index contributed by atoms with van der Waals surface area (Å²) in [5.41, 5.74) is 2.29. The van der Waals surface area contributed by atoms with E-state index in [9.17, 15) is 9.90 Å². The third-order valence-corrected chi connectivity index (χ3v) is 3.40. The molecule has 1 heterocycles. The Morgan fingerprint density at radius 3 is 2.89 bits per heavy atom. The van der Waals surface area contributed by atoms with Gasteiger partial charge in [0, 0.05) is 23.3 Å². The van der Waals surface area contributed by atoms with Gasteiger partial charge in [0.2, 0.25) is 5.91 Å². The van der Waals surface area contributed by atoms with E-state index >= 15 is 0 Å². The lowest BCUT2D eigenvalue weighted by Crippen LogP contribution is -2.37. The maximum absolute atomic E-state index is 11.9. The number of nitrogens with one attached hydrogen (secondary N) is 2. The van der Waals surface area contributed by atoms with E-state index in [4.69, 9.17) is 5.11 Å². The zero-order valence-corrected chi connectivity index (χ0v) is 11.2. The Morgan fingerprint density at radius 1 is 1.47 bits per heavy atom. The van der Waals surface area contributed by atoms with E-state index in [0.717, 1.165) is 16.9 Å². The number of fused-ring (bicyclic) bond motifs is 1. The van der Waals surface area contributed by atoms with Crippen molar-refractivity contribution in [3.63, 3.8) is 0 Å². The molecule has 0 saturated heterocycles. The molecule has 0 aromatic heterocycles. The van der Waals surface area contributed by atoms with Crippen LogP contribution in [0.25, 0.3) is 0 Å². The molecule has 5 nitrogen and oxygen atoms in total. The van der Waals surface area contributed by atoms with Crippen molar-refractivity contribution in [3.05, 3.63) is 23.8 Å². The van der Waals surface area contributed by atoms with Gasteiger partial charge in [0.25, 0.3) is 0 Å². The second kappa shape index (κ2) is 5.19. The lowest BCUT2D eigenvalue weighted by Gasteiger charge is -2.32. The van der Waals surface area contributed by atoms with Crippen LogP contribution in [0.2, 0.25) is 0 Å². The van der Waals surface area contributed by atoms with Crippen molar-refractivity contribution in [2.24, 2.45) is 5.41 Å². The van der Waals surface area contributed by atoms with Crippen LogP contribution in [0.4, 0.5) is 11.4 Å². The molecule has 2 rings (SSSR count). The topological polar surface area (TPSA) is 81.6 Å². The average Bonchev–Trinajstić information content (AvgIpc) is 2.37. The fourth-order valence-electron chi connectivity index (χ4n) is 2.17. The van der Waals surface area contributed by atoms with E-state index in [1.807, 2.05) is 32.0 Å². The van der Waals surface area contributed by atoms with Gasteiger partial charge in [-0.2, -0.15) is 0 Å². The van der Waals surface area contributed by atoms with Crippen LogP contribution in [0.1, 0.15) is 19.4 Å². The number of anilines is 2. The smallest absolute Gasteiger partial charge is 0.230 e. The zero-order valence-electron chi connectivity index (χ0n) is 11.2. The summed E-state index contributed by atoms with van der Waals surface area (Å²) in [5, 5.41) is 24.2. The summed E-state index contributed by atoms with van der Waals surface area (Å²) in [4.78, 5) is 11.9. The van der Waals surface area contributed by atoms with Crippen LogP contribution in [-0.2, 0) is 11.2 Å². The van der Waals surface area contributed by atoms with Crippen molar-refractivity contribution in [2.75, 3.05) is 23.8 Å². The largest absolute Gasteiger partial charge is 0.394 e. The van der Waals surface area contributed by atoms with E-state index in [-0.39, 0.29) is 19.1 Å². The molecule has 0 fully saturated rings. The summed E-state index contributed by atoms with van der Waals surface area (Å²) in [6.45, 7) is 3.82. The van der Waals surface area contributed by atoms with Crippen molar-refractivity contribution in [1.82, 2.24) is 0 Å². The molecule has 1 aliphatic rings. The van der Waals surface area contributed by atoms with Crippen LogP contribution in [0, 0.1) is 5.41 Å². The highest BCUT2D eigenvalue weighted by atomic mass is 16.3. The van der Waals surface area contributed by atoms with Gasteiger partial charge < -0.3 is 20.8 Å². The molecule has 1 aromatic carbocycles. The number of carbonyl (C=O) groups is 1. The van der Waals surface area contributed by atoms with Gasteiger partial charge >= 0.3 is 0 Å². The van der Waals surface area contributed by atoms with Crippen LogP contribution < -0.4 is 10.6 Å². The van der Waals surface area contributed by atoms with E-state index in [1.54, 1.807) is 0 Å². The zero-order chi connectivity index (χ0) is 14.0. The van der Waals surface area contributed by atoms with Crippen LogP contribution in [0.5, 0.6) is 0 Å². The summed E-state index contributed by atoms with van der Waals surface area (Å²) in [6, 6.07) is 5.64. The SMILES string of the molecule is CC1(C)Cc2c(NCC(O)CO)cccc2NC1=O. The molecular weight excluding hydrogens is 244 g/mol. The second-order valence-electron chi connectivity index (χ2n) is 5.56. The number of benzene rings is 1. The van der Waals surface area contributed by atoms with Gasteiger partial charge in [0.15, 0.2) is 0 Å². The quantitative estimate of drug-likeness (QED) is 0.653. The Hall–Kier alpha value is -1.59. The van der Waals surface area contributed by atoms with Crippen molar-refractivity contribution < 1.29 is 15.0 Å². The Kier molecular flexibility index (Phi) is 3.78. The van der Waals surface area contributed by atoms with Crippen molar-refractivity contribution in [1.29, 1.82) is 0 Å². The van der Waals surface area contributed by atoms with Gasteiger partial charge in [-0.25, -0.2) is 0 Å². The molecule has 4 N–H and O–H groups in total. The molecule has 0 radical (unpaired) electrons. The van der Waals surface area contributed by atoms with Crippen LogP contribution in [-0.4, -0.2) is 35.4 Å². The summed E-state index contributed by atoms with van der Waals surface area (Å²) in [7, 11) is 0. The minimum Gasteiger partial charge on any atom is -0.394 e. The van der Waals surface area contributed by atoms with E-state index in [2.05, 4.69) is 10.6 Å². The standard InChI is InChI=1S/C14H20N2O3/c1-14(2)6-10-11(15-7-9(18)8-17)4-3-5-12(10)16-13(14)19/h3-5,9,15,17-18H,6-8H2,1-2H3,(H,16,19). The first kappa shape index (κ1) is 13.8. The average molecular weight is 264 g/mol. The number of carbonyl (C=O) groups excluding carboxylic acids is 1. The molecule has 1 aromatic rings. The molecule has 1 aliphatic heterocycles. The number of rotatable bonds is 4. The molecule has 1 atom stereocenters. The van der Waals surface area contributed by atoms with Gasteiger partial charge in [-0.15, -0.1) is 0 Å². The molecule has 1 unspecified atom stereocenters. The van der Waals surface area contributed by atoms with Crippen molar-refractivity contribution in [3.8, 4) is 0 Å². The first-order chi connectivity index (χ1) is 8.94. The molecule has 19 heavy (non-hydrogen) atoms. The Labute approximate surface area is 112 Å². The maximum atomic E-state index is 11.9. The minimum absolute atomic E-state index is 0.0209. The third kappa shape index (κ3) is 2.88. The molecule has 0 spiro atoms. The molecule has 5 heteroatoms. The van der Waals surface area contributed by atoms with Gasteiger partial charge in [-0.1, -0.05) is 19.9 Å². The Bertz CT molecular complexity index is 486. The fourth-order valence-corrected chi connectivity index (χ4v) is 2.17. The molecule has 0 saturated carbocycles. The normalized spacial score (nSPS) is 18.4. The molecule has 104 valence electrons. The minimum atomic E-state index is -0.790. The van der Waals surface area contributed by atoms with Gasteiger partial charge in [-0.05, 0) is 24.1 Å². The summed E-state index contributed by atoms with van der Waals surface area (Å²) < 4.78 is 0. The van der Waals surface area contributed by atoms with Gasteiger partial charge in [0.05, 0.1) is 12.7 Å². The van der Waals surface area contributed by atoms with Gasteiger partial charge in [-0.3, -0.25) is 4.79 Å². The lowest BCUT2D eigenvalue weighted by molar-refractivity contribution is -0.124. The number of hydrogen-bond acceptors (Lipinski definition) is 4. The Balaban J connectivity index is 2.23. The monoisotopic (exact) mass is 264 g/mol. The molecule has 0 aliphatic carbocycles. The molecular formula is C14H20N2O3. The molecule has 1 amide bonds. The number of aliphatic hydroxyl groups excluding tert-OH is 2. The van der Waals surface area contributed by atoms with Crippen LogP contribution >= 0.6 is 0 Å². The number of hydrogen-bond donors (Lipinski definition) is 4. The summed E-state index contributed by atoms with van der Waals surface area (Å²) in [5.74, 6) is 0.0209. The van der Waals surface area contributed by atoms with Crippen LogP contribution in [0.3, 0.4) is 0 Å². The van der Waals surface area contributed by atoms with Crippen molar-refractivity contribution in [2.45, 2.75) is 26.4 Å². The summed E-state index contributed by atoms with van der Waals surface area (Å²) in [6.07, 6.45) is -0.144. The number of amides is 1. The fraction of sp³-hybridized carbons (Fsp3) is 0.500. The highest BCUT2D eigenvalue weighted by Crippen LogP contribution is 2.37. The van der Waals surface area contributed by atoms with E-state index in [1.165, 1.54) is 0 Å². The second-order valence-corrected chi connectivity index (χ2v) is 5.56. The summed E-state index contributed by atoms with van der Waals surface area (Å²) >= 11 is 0. The number of aliphatic hydroxyl groups is 2. The third-order valence-electron chi connectivity index (χ3n) is 3.40. The van der Waals surface area contributed by atoms with E-state index < -0.39 is 11.5 Å². The predicted octanol–water partition coefficient (Wildman–Crippen LogP) is 0.972. The highest BCUT2D eigenvalue weighted by Gasteiger charge is 2.34. The van der Waals surface area contributed by atoms with Crippen LogP contribution in [0.15, 0.2) is 18.2 Å². The first-order valence-corrected chi connectivity index (χ1v) is 6.40. The van der Waals surface area contributed by atoms with Gasteiger partial charge in [0.1, 0.15) is 0 Å². The maximum Gasteiger partial charge on any atom is 0.230 e. The lowest BCUT2D eigenvalue weighted by atomic mass is 9.80.